The Hall–Kier alpha value is -5.90. The van der Waals surface area contributed by atoms with Gasteiger partial charge in [-0.2, -0.15) is 10.1 Å². The number of nitrogens with one attached hydrogen (secondary N) is 3. The van der Waals surface area contributed by atoms with Gasteiger partial charge >= 0.3 is 0 Å². The lowest BCUT2D eigenvalue weighted by Crippen LogP contribution is -2.50. The third kappa shape index (κ3) is 8.04. The number of rotatable bonds is 6. The van der Waals surface area contributed by atoms with E-state index in [2.05, 4.69) is 65.9 Å². The molecule has 3 N–H and O–H groups in total. The molecule has 5 aliphatic rings. The molecule has 0 spiro atoms. The number of piperidine rings is 1. The number of aryl methyl sites for hydroxylation is 2. The number of anilines is 4. The minimum absolute atomic E-state index is 0.0555. The number of hydrogen-bond donors (Lipinski definition) is 3. The first kappa shape index (κ1) is 39.6. The molecule has 14 nitrogen and oxygen atoms in total. The van der Waals surface area contributed by atoms with Gasteiger partial charge in [0.25, 0.3) is 5.91 Å². The van der Waals surface area contributed by atoms with Gasteiger partial charge in [0.05, 0.1) is 41.4 Å². The van der Waals surface area contributed by atoms with Crippen molar-refractivity contribution in [1.29, 1.82) is 0 Å². The second kappa shape index (κ2) is 16.3. The van der Waals surface area contributed by atoms with Crippen molar-refractivity contribution in [3.8, 4) is 17.1 Å². The van der Waals surface area contributed by atoms with Gasteiger partial charge in [0.1, 0.15) is 11.6 Å². The number of amides is 3. The number of guanidine groups is 1. The molecule has 6 heterocycles. The van der Waals surface area contributed by atoms with Gasteiger partial charge in [0, 0.05) is 87.0 Å². The highest BCUT2D eigenvalue weighted by Gasteiger charge is 2.35. The fraction of sp³-hybridized carbons (Fsp3) is 0.455. The Bertz CT molecular complexity index is 2350. The maximum absolute atomic E-state index is 15.1. The molecule has 2 aromatic heterocycles. The fourth-order valence-corrected chi connectivity index (χ4v) is 9.25. The van der Waals surface area contributed by atoms with Crippen LogP contribution < -0.4 is 30.5 Å². The zero-order chi connectivity index (χ0) is 41.7. The van der Waals surface area contributed by atoms with E-state index in [-0.39, 0.29) is 36.3 Å². The second-order valence-corrected chi connectivity index (χ2v) is 17.0. The van der Waals surface area contributed by atoms with Gasteiger partial charge in [0.2, 0.25) is 23.7 Å². The molecule has 2 saturated heterocycles. The predicted octanol–water partition coefficient (Wildman–Crippen LogP) is 5.84. The topological polar surface area (TPSA) is 149 Å². The van der Waals surface area contributed by atoms with Crippen molar-refractivity contribution >= 4 is 46.4 Å². The molecule has 0 unspecified atom stereocenters. The van der Waals surface area contributed by atoms with Crippen LogP contribution in [0.25, 0.3) is 11.3 Å². The maximum Gasteiger partial charge on any atom is 0.280 e. The highest BCUT2D eigenvalue weighted by atomic mass is 19.1. The van der Waals surface area contributed by atoms with E-state index in [1.807, 2.05) is 14.0 Å². The number of ether oxygens (including phenoxy) is 1. The standard InChI is InChI=1S/C44H50F2N10O4/c1-25-5-4-14-60-43-33(22-47-53(43)3)37-18-28(15-26(2)48-37)41(58)52-44-50-36-8-6-31(21-38(36)56(44)23-25)55-12-10-54(11-13-55)24-27-16-29(17-27)49-30-19-34(45)40(35(46)20-30)32-7-9-39(57)51-42(32)59/h6,8,15,18-22,25,27,29,32,49H,4-5,7,9-14,16-17,23-24H2,1-3H3,(H,50,52,58)(H,51,57,59)/t25-,27-,29-,32-/m1/s1. The summed E-state index contributed by atoms with van der Waals surface area (Å²) in [6.07, 6.45) is 5.44. The van der Waals surface area contributed by atoms with Gasteiger partial charge in [-0.15, -0.1) is 0 Å². The molecule has 314 valence electrons. The molecule has 9 rings (SSSR count). The zero-order valence-electron chi connectivity index (χ0n) is 34.1. The van der Waals surface area contributed by atoms with Gasteiger partial charge in [-0.25, -0.2) is 13.5 Å². The first-order valence-corrected chi connectivity index (χ1v) is 21.0. The number of nitrogens with zero attached hydrogens (tertiary/aromatic N) is 7. The molecule has 3 fully saturated rings. The first-order chi connectivity index (χ1) is 28.9. The summed E-state index contributed by atoms with van der Waals surface area (Å²) in [6, 6.07) is 12.6. The van der Waals surface area contributed by atoms with E-state index in [4.69, 9.17) is 9.72 Å². The van der Waals surface area contributed by atoms with Crippen molar-refractivity contribution in [1.82, 2.24) is 25.0 Å². The van der Waals surface area contributed by atoms with Crippen LogP contribution >= 0.6 is 0 Å². The Kier molecular flexibility index (Phi) is 10.7. The monoisotopic (exact) mass is 820 g/mol. The summed E-state index contributed by atoms with van der Waals surface area (Å²) < 4.78 is 38.1. The van der Waals surface area contributed by atoms with E-state index >= 15 is 8.78 Å². The molecule has 16 heteroatoms. The van der Waals surface area contributed by atoms with E-state index < -0.39 is 29.4 Å². The van der Waals surface area contributed by atoms with Crippen molar-refractivity contribution in [3.63, 3.8) is 0 Å². The second-order valence-electron chi connectivity index (χ2n) is 17.0. The number of fused-ring (bicyclic) bond motifs is 7. The molecular formula is C44H50F2N10O4. The summed E-state index contributed by atoms with van der Waals surface area (Å²) >= 11 is 0. The number of halogens is 2. The fourth-order valence-electron chi connectivity index (χ4n) is 9.25. The molecule has 3 amide bonds. The summed E-state index contributed by atoms with van der Waals surface area (Å²) in [7, 11) is 1.84. The van der Waals surface area contributed by atoms with Gasteiger partial charge in [-0.3, -0.25) is 29.6 Å². The van der Waals surface area contributed by atoms with E-state index in [1.54, 1.807) is 23.0 Å². The van der Waals surface area contributed by atoms with Gasteiger partial charge in [-0.1, -0.05) is 6.92 Å². The predicted molar refractivity (Wildman–Crippen MR) is 225 cm³/mol. The Morgan fingerprint density at radius 1 is 0.967 bits per heavy atom. The minimum atomic E-state index is -1.01. The lowest BCUT2D eigenvalue weighted by molar-refractivity contribution is -0.134. The van der Waals surface area contributed by atoms with E-state index in [1.165, 1.54) is 12.1 Å². The van der Waals surface area contributed by atoms with E-state index in [0.717, 1.165) is 81.0 Å². The van der Waals surface area contributed by atoms with E-state index in [9.17, 15) is 14.4 Å². The minimum Gasteiger partial charge on any atom is -0.477 e. The van der Waals surface area contributed by atoms with Crippen LogP contribution in [-0.4, -0.2) is 95.3 Å². The Labute approximate surface area is 347 Å². The smallest absolute Gasteiger partial charge is 0.280 e. The molecule has 2 atom stereocenters. The number of carbonyl (C=O) groups excluding carboxylic acids is 3. The van der Waals surface area contributed by atoms with Crippen molar-refractivity contribution in [2.45, 2.75) is 64.3 Å². The van der Waals surface area contributed by atoms with Crippen LogP contribution in [0.4, 0.5) is 31.5 Å². The first-order valence-electron chi connectivity index (χ1n) is 21.0. The van der Waals surface area contributed by atoms with Crippen molar-refractivity contribution in [2.75, 3.05) is 66.3 Å². The molecule has 2 aromatic carbocycles. The average Bonchev–Trinajstić information content (AvgIpc) is 3.73. The lowest BCUT2D eigenvalue weighted by Gasteiger charge is -2.42. The number of imide groups is 1. The van der Waals surface area contributed by atoms with Crippen LogP contribution in [0.15, 0.2) is 53.7 Å². The largest absolute Gasteiger partial charge is 0.477 e. The van der Waals surface area contributed by atoms with Crippen LogP contribution in [0.3, 0.4) is 0 Å². The quantitative estimate of drug-likeness (QED) is 0.202. The number of piperazine rings is 1. The number of benzene rings is 2. The third-order valence-corrected chi connectivity index (χ3v) is 12.4. The van der Waals surface area contributed by atoms with Gasteiger partial charge in [-0.05, 0) is 93.3 Å². The SMILES string of the molecule is Cc1cc2cc(n1)-c1cnn(C)c1OCCC[C@@H](C)CN1/C(=N/C2=O)Nc2ccc(N3CCN(C[C@H]4C[C@H](Nc5cc(F)c([C@H]6CCC(=O)NC6=O)c(F)c5)C4)CC3)cc21. The molecule has 1 saturated carbocycles. The Morgan fingerprint density at radius 3 is 2.52 bits per heavy atom. The zero-order valence-corrected chi connectivity index (χ0v) is 34.1. The number of aromatic nitrogens is 3. The Balaban J connectivity index is 0.822. The number of carbonyl (C=O) groups is 3. The molecule has 4 aromatic rings. The number of aliphatic imine (C=N–C) groups is 1. The highest BCUT2D eigenvalue weighted by molar-refractivity contribution is 6.19. The summed E-state index contributed by atoms with van der Waals surface area (Å²) in [5.74, 6) is -2.10. The van der Waals surface area contributed by atoms with Crippen LogP contribution in [0.1, 0.15) is 73.0 Å². The molecule has 60 heavy (non-hydrogen) atoms. The number of pyridine rings is 1. The van der Waals surface area contributed by atoms with Crippen LogP contribution in [-0.2, 0) is 16.6 Å². The summed E-state index contributed by atoms with van der Waals surface area (Å²) in [5, 5.41) is 13.3. The molecule has 0 radical (unpaired) electrons. The van der Waals surface area contributed by atoms with Crippen molar-refractivity contribution < 1.29 is 27.9 Å². The third-order valence-electron chi connectivity index (χ3n) is 12.4. The summed E-state index contributed by atoms with van der Waals surface area (Å²) in [4.78, 5) is 54.0. The number of hydrogen-bond acceptors (Lipinski definition) is 11. The molecule has 2 bridgehead atoms. The maximum atomic E-state index is 15.1. The molecular weight excluding hydrogens is 771 g/mol. The summed E-state index contributed by atoms with van der Waals surface area (Å²) in [6.45, 7) is 9.83. The normalized spacial score (nSPS) is 24.4. The van der Waals surface area contributed by atoms with Crippen LogP contribution in [0.2, 0.25) is 0 Å². The van der Waals surface area contributed by atoms with E-state index in [0.29, 0.717) is 53.5 Å². The highest BCUT2D eigenvalue weighted by Crippen LogP contribution is 2.39. The van der Waals surface area contributed by atoms with Crippen LogP contribution in [0.5, 0.6) is 5.88 Å². The molecule has 4 aliphatic heterocycles. The lowest BCUT2D eigenvalue weighted by atomic mass is 9.79. The van der Waals surface area contributed by atoms with Crippen molar-refractivity contribution in [3.05, 3.63) is 77.1 Å². The van der Waals surface area contributed by atoms with Crippen molar-refractivity contribution in [2.24, 2.45) is 23.9 Å². The molecule has 1 aliphatic carbocycles. The van der Waals surface area contributed by atoms with Crippen LogP contribution in [0, 0.1) is 30.4 Å². The van der Waals surface area contributed by atoms with Gasteiger partial charge < -0.3 is 25.2 Å². The summed E-state index contributed by atoms with van der Waals surface area (Å²) in [5.41, 5.74) is 5.61. The average molecular weight is 821 g/mol. The Morgan fingerprint density at radius 2 is 1.75 bits per heavy atom. The van der Waals surface area contributed by atoms with Gasteiger partial charge in [0.15, 0.2) is 0 Å².